The summed E-state index contributed by atoms with van der Waals surface area (Å²) in [7, 11) is 2.30. The molecule has 5 rings (SSSR count). The molecule has 0 radical (unpaired) electrons. The van der Waals surface area contributed by atoms with E-state index < -0.39 is 0 Å². The Morgan fingerprint density at radius 2 is 1.81 bits per heavy atom. The molecule has 2 fully saturated rings. The second-order valence-electron chi connectivity index (χ2n) is 9.38. The fourth-order valence-electron chi connectivity index (χ4n) is 7.02. The van der Waals surface area contributed by atoms with E-state index >= 15 is 0 Å². The Morgan fingerprint density at radius 3 is 2.63 bits per heavy atom. The van der Waals surface area contributed by atoms with Gasteiger partial charge in [-0.05, 0) is 97.1 Å². The highest BCUT2D eigenvalue weighted by molar-refractivity contribution is 5.47. The number of phenols is 1. The number of hydrogen-bond donors (Lipinski definition) is 1. The molecule has 0 bridgehead atoms. The second-order valence-corrected chi connectivity index (χ2v) is 9.38. The van der Waals surface area contributed by atoms with Gasteiger partial charge in [-0.2, -0.15) is 0 Å². The molecule has 0 saturated heterocycles. The highest BCUT2D eigenvalue weighted by atomic mass is 16.3. The Bertz CT molecular complexity index is 831. The first-order valence-corrected chi connectivity index (χ1v) is 10.7. The first-order valence-electron chi connectivity index (χ1n) is 10.7. The Labute approximate surface area is 163 Å². The van der Waals surface area contributed by atoms with E-state index in [-0.39, 0.29) is 0 Å². The number of fused-ring (bicyclic) bond motifs is 5. The summed E-state index contributed by atoms with van der Waals surface area (Å²) in [6.45, 7) is 2.58. The van der Waals surface area contributed by atoms with Gasteiger partial charge in [0.25, 0.3) is 0 Å². The van der Waals surface area contributed by atoms with E-state index in [1.807, 2.05) is 12.1 Å². The number of rotatable bonds is 2. The van der Waals surface area contributed by atoms with Crippen molar-refractivity contribution < 1.29 is 5.11 Å². The molecule has 2 saturated carbocycles. The van der Waals surface area contributed by atoms with Gasteiger partial charge in [-0.3, -0.25) is 0 Å². The summed E-state index contributed by atoms with van der Waals surface area (Å²) in [4.78, 5) is 2.56. The summed E-state index contributed by atoms with van der Waals surface area (Å²) in [5, 5.41) is 9.87. The van der Waals surface area contributed by atoms with Crippen LogP contribution in [0.15, 0.2) is 48.5 Å². The SMILES string of the molecule is CN(c1ccccc1)[C@H]1CC[C@H]2[C@@H]3CCc4cc(O)ccc4[C@H]3CC[C@]12C. The first-order chi connectivity index (χ1) is 13.1. The maximum atomic E-state index is 9.87. The summed E-state index contributed by atoms with van der Waals surface area (Å²) in [5.41, 5.74) is 4.71. The third-order valence-electron chi connectivity index (χ3n) is 8.29. The van der Waals surface area contributed by atoms with Gasteiger partial charge in [0.05, 0.1) is 0 Å². The minimum absolute atomic E-state index is 0.417. The van der Waals surface area contributed by atoms with Crippen LogP contribution in [-0.2, 0) is 6.42 Å². The Morgan fingerprint density at radius 1 is 1.00 bits per heavy atom. The predicted octanol–water partition coefficient (Wildman–Crippen LogP) is 5.75. The van der Waals surface area contributed by atoms with Crippen LogP contribution in [0, 0.1) is 17.3 Å². The van der Waals surface area contributed by atoms with Crippen molar-refractivity contribution in [3.8, 4) is 5.75 Å². The zero-order valence-electron chi connectivity index (χ0n) is 16.6. The lowest BCUT2D eigenvalue weighted by Gasteiger charge is -2.52. The molecule has 1 N–H and O–H groups in total. The van der Waals surface area contributed by atoms with Crippen LogP contribution in [0.1, 0.15) is 56.1 Å². The van der Waals surface area contributed by atoms with Crippen LogP contribution in [0.5, 0.6) is 5.75 Å². The fraction of sp³-hybridized carbons (Fsp3) is 0.520. The number of para-hydroxylation sites is 1. The lowest BCUT2D eigenvalue weighted by molar-refractivity contribution is 0.0486. The van der Waals surface area contributed by atoms with Crippen LogP contribution < -0.4 is 4.90 Å². The van der Waals surface area contributed by atoms with Crippen molar-refractivity contribution in [2.24, 2.45) is 17.3 Å². The van der Waals surface area contributed by atoms with Crippen molar-refractivity contribution in [2.75, 3.05) is 11.9 Å². The van der Waals surface area contributed by atoms with Gasteiger partial charge in [0.15, 0.2) is 0 Å². The van der Waals surface area contributed by atoms with Crippen LogP contribution in [0.3, 0.4) is 0 Å². The van der Waals surface area contributed by atoms with Gasteiger partial charge >= 0.3 is 0 Å². The molecule has 0 heterocycles. The van der Waals surface area contributed by atoms with E-state index in [4.69, 9.17) is 0 Å². The zero-order valence-corrected chi connectivity index (χ0v) is 16.6. The molecule has 3 aliphatic rings. The Balaban J connectivity index is 1.44. The lowest BCUT2D eigenvalue weighted by Crippen LogP contribution is -2.49. The summed E-state index contributed by atoms with van der Waals surface area (Å²) in [5.74, 6) is 2.77. The van der Waals surface area contributed by atoms with Crippen molar-refractivity contribution in [3.05, 3.63) is 59.7 Å². The van der Waals surface area contributed by atoms with E-state index in [0.717, 1.165) is 18.3 Å². The molecule has 27 heavy (non-hydrogen) atoms. The van der Waals surface area contributed by atoms with Gasteiger partial charge in [0, 0.05) is 18.8 Å². The smallest absolute Gasteiger partial charge is 0.115 e. The van der Waals surface area contributed by atoms with Crippen LogP contribution in [0.25, 0.3) is 0 Å². The van der Waals surface area contributed by atoms with Crippen LogP contribution in [0.4, 0.5) is 5.69 Å². The third-order valence-corrected chi connectivity index (χ3v) is 8.29. The number of nitrogens with zero attached hydrogens (tertiary/aromatic N) is 1. The van der Waals surface area contributed by atoms with Gasteiger partial charge in [-0.1, -0.05) is 31.2 Å². The van der Waals surface area contributed by atoms with Gasteiger partial charge in [-0.25, -0.2) is 0 Å². The van der Waals surface area contributed by atoms with Crippen molar-refractivity contribution in [1.82, 2.24) is 0 Å². The average molecular weight is 362 g/mol. The van der Waals surface area contributed by atoms with Crippen molar-refractivity contribution in [3.63, 3.8) is 0 Å². The molecule has 2 nitrogen and oxygen atoms in total. The number of aromatic hydroxyl groups is 1. The van der Waals surface area contributed by atoms with Gasteiger partial charge < -0.3 is 10.0 Å². The second kappa shape index (κ2) is 6.29. The highest BCUT2D eigenvalue weighted by Crippen LogP contribution is 2.62. The molecule has 142 valence electrons. The first kappa shape index (κ1) is 17.2. The summed E-state index contributed by atoms with van der Waals surface area (Å²) in [6.07, 6.45) is 7.74. The molecule has 0 amide bonds. The number of anilines is 1. The molecule has 2 aromatic rings. The molecular weight excluding hydrogens is 330 g/mol. The minimum atomic E-state index is 0.417. The fourth-order valence-corrected chi connectivity index (χ4v) is 7.02. The minimum Gasteiger partial charge on any atom is -0.508 e. The number of hydrogen-bond acceptors (Lipinski definition) is 2. The van der Waals surface area contributed by atoms with Crippen molar-refractivity contribution in [2.45, 2.75) is 57.4 Å². The Kier molecular flexibility index (Phi) is 4.00. The standard InChI is InChI=1S/C25H31NO/c1-25-15-14-21-20-11-9-19(27)16-17(20)8-10-22(21)23(25)12-13-24(25)26(2)18-6-4-3-5-7-18/h3-7,9,11,16,21-24,27H,8,10,12-15H2,1-2H3/t21-,22-,23+,24+,25+/m1/s1. The van der Waals surface area contributed by atoms with E-state index in [1.165, 1.54) is 48.9 Å². The maximum Gasteiger partial charge on any atom is 0.115 e. The normalized spacial score (nSPS) is 34.4. The number of phenolic OH excluding ortho intramolecular Hbond substituents is 1. The predicted molar refractivity (Wildman–Crippen MR) is 111 cm³/mol. The summed E-state index contributed by atoms with van der Waals surface area (Å²) < 4.78 is 0. The van der Waals surface area contributed by atoms with Crippen LogP contribution in [-0.4, -0.2) is 18.2 Å². The van der Waals surface area contributed by atoms with E-state index in [0.29, 0.717) is 23.1 Å². The zero-order chi connectivity index (χ0) is 18.6. The molecular formula is C25H31NO. The van der Waals surface area contributed by atoms with Gasteiger partial charge in [-0.15, -0.1) is 0 Å². The summed E-state index contributed by atoms with van der Waals surface area (Å²) >= 11 is 0. The molecule has 0 spiro atoms. The average Bonchev–Trinajstić information content (AvgIpc) is 3.05. The molecule has 2 heteroatoms. The molecule has 5 atom stereocenters. The quantitative estimate of drug-likeness (QED) is 0.736. The summed E-state index contributed by atoms with van der Waals surface area (Å²) in [6, 6.07) is 17.7. The van der Waals surface area contributed by atoms with Crippen LogP contribution >= 0.6 is 0 Å². The van der Waals surface area contributed by atoms with Gasteiger partial charge in [0.1, 0.15) is 5.75 Å². The molecule has 2 aromatic carbocycles. The molecule has 0 aliphatic heterocycles. The van der Waals surface area contributed by atoms with E-state index in [2.05, 4.69) is 55.3 Å². The molecule has 3 aliphatic carbocycles. The molecule has 0 aromatic heterocycles. The topological polar surface area (TPSA) is 23.5 Å². The van der Waals surface area contributed by atoms with Crippen molar-refractivity contribution >= 4 is 5.69 Å². The van der Waals surface area contributed by atoms with E-state index in [9.17, 15) is 5.11 Å². The lowest BCUT2D eigenvalue weighted by atomic mass is 9.55. The monoisotopic (exact) mass is 361 g/mol. The number of aryl methyl sites for hydroxylation is 1. The third kappa shape index (κ3) is 2.60. The van der Waals surface area contributed by atoms with Gasteiger partial charge in [0.2, 0.25) is 0 Å². The number of benzene rings is 2. The molecule has 0 unspecified atom stereocenters. The largest absolute Gasteiger partial charge is 0.508 e. The van der Waals surface area contributed by atoms with Crippen molar-refractivity contribution in [1.29, 1.82) is 0 Å². The highest BCUT2D eigenvalue weighted by Gasteiger charge is 2.55. The van der Waals surface area contributed by atoms with E-state index in [1.54, 1.807) is 0 Å². The Hall–Kier alpha value is -1.96. The van der Waals surface area contributed by atoms with Crippen LogP contribution in [0.2, 0.25) is 0 Å². The maximum absolute atomic E-state index is 9.87.